The summed E-state index contributed by atoms with van der Waals surface area (Å²) < 4.78 is 79.9. The lowest BCUT2D eigenvalue weighted by Gasteiger charge is -2.29. The predicted molar refractivity (Wildman–Crippen MR) is 246 cm³/mol. The molecule has 2 aliphatic rings. The third-order valence-electron chi connectivity index (χ3n) is 11.6. The number of hydrogen-bond acceptors (Lipinski definition) is 14. The average Bonchev–Trinajstić information content (AvgIpc) is 3.97. The van der Waals surface area contributed by atoms with Crippen molar-refractivity contribution in [3.05, 3.63) is 88.6 Å². The Morgan fingerprint density at radius 3 is 2.29 bits per heavy atom. The number of para-hydroxylation sites is 1. The minimum absolute atomic E-state index is 0.0212. The molecule has 4 heterocycles. The molecule has 6 rings (SSSR count). The van der Waals surface area contributed by atoms with Crippen LogP contribution in [0.25, 0.3) is 5.52 Å². The van der Waals surface area contributed by atoms with Crippen LogP contribution in [0.5, 0.6) is 5.75 Å². The summed E-state index contributed by atoms with van der Waals surface area (Å²) in [5, 5.41) is 24.7. The Kier molecular flexibility index (Phi) is 19.2. The SMILES string of the molecule is CCCCCCCCCCCCCCCCOC[C@H](COP(=O)(OC[C@H]1O[C@@](C#N)(c2ccc3c(N)ncnn23)[C@@H]2OC(C)(C)O[C@@H]21)Oc1ccccc1Cl)OCc1cc(F)cc(C#N)c1. The van der Waals surface area contributed by atoms with Crippen LogP contribution in [0.4, 0.5) is 10.2 Å². The number of hydrogen-bond donors (Lipinski definition) is 1. The Balaban J connectivity index is 1.10. The molecule has 15 nitrogen and oxygen atoms in total. The van der Waals surface area contributed by atoms with Crippen molar-refractivity contribution < 1.29 is 46.2 Å². The van der Waals surface area contributed by atoms with E-state index in [0.717, 1.165) is 25.3 Å². The molecule has 0 radical (unpaired) electrons. The largest absolute Gasteiger partial charge is 0.530 e. The number of nitriles is 2. The monoisotopic (exact) mass is 952 g/mol. The number of anilines is 1. The molecule has 2 saturated heterocycles. The molecule has 6 atom stereocenters. The second-order valence-electron chi connectivity index (χ2n) is 17.3. The van der Waals surface area contributed by atoms with Crippen molar-refractivity contribution in [2.75, 3.05) is 32.2 Å². The third-order valence-corrected chi connectivity index (χ3v) is 13.3. The number of benzene rings is 2. The second-order valence-corrected chi connectivity index (χ2v) is 19.3. The maximum absolute atomic E-state index is 14.8. The lowest BCUT2D eigenvalue weighted by atomic mass is 9.92. The van der Waals surface area contributed by atoms with Gasteiger partial charge in [-0.15, -0.1) is 0 Å². The summed E-state index contributed by atoms with van der Waals surface area (Å²) in [7, 11) is -4.62. The van der Waals surface area contributed by atoms with Gasteiger partial charge in [0.1, 0.15) is 53.9 Å². The van der Waals surface area contributed by atoms with E-state index >= 15 is 0 Å². The van der Waals surface area contributed by atoms with Gasteiger partial charge in [0.2, 0.25) is 5.60 Å². The van der Waals surface area contributed by atoms with E-state index in [-0.39, 0.29) is 42.0 Å². The molecule has 358 valence electrons. The molecular weight excluding hydrogens is 890 g/mol. The van der Waals surface area contributed by atoms with Crippen molar-refractivity contribution in [1.82, 2.24) is 14.6 Å². The zero-order valence-corrected chi connectivity index (χ0v) is 39.9. The van der Waals surface area contributed by atoms with E-state index in [1.54, 1.807) is 44.2 Å². The van der Waals surface area contributed by atoms with Gasteiger partial charge in [0.05, 0.1) is 48.8 Å². The fourth-order valence-corrected chi connectivity index (χ4v) is 9.79. The molecule has 18 heteroatoms. The van der Waals surface area contributed by atoms with Crippen LogP contribution in [0.2, 0.25) is 5.02 Å². The molecule has 2 aliphatic heterocycles. The molecule has 0 saturated carbocycles. The van der Waals surface area contributed by atoms with Crippen molar-refractivity contribution in [1.29, 1.82) is 10.5 Å². The molecule has 66 heavy (non-hydrogen) atoms. The molecule has 2 N–H and O–H groups in total. The van der Waals surface area contributed by atoms with Crippen LogP contribution in [0.15, 0.2) is 60.9 Å². The summed E-state index contributed by atoms with van der Waals surface area (Å²) >= 11 is 6.46. The van der Waals surface area contributed by atoms with Gasteiger partial charge in [0.15, 0.2) is 11.6 Å². The highest BCUT2D eigenvalue weighted by Crippen LogP contribution is 2.54. The van der Waals surface area contributed by atoms with Crippen molar-refractivity contribution in [3.8, 4) is 17.9 Å². The van der Waals surface area contributed by atoms with E-state index in [0.29, 0.717) is 23.4 Å². The Morgan fingerprint density at radius 2 is 1.61 bits per heavy atom. The number of phosphoric ester groups is 1. The first-order valence-electron chi connectivity index (χ1n) is 23.1. The van der Waals surface area contributed by atoms with Gasteiger partial charge >= 0.3 is 7.82 Å². The van der Waals surface area contributed by atoms with Gasteiger partial charge in [-0.05, 0) is 68.3 Å². The van der Waals surface area contributed by atoms with Gasteiger partial charge in [-0.1, -0.05) is 114 Å². The zero-order valence-electron chi connectivity index (χ0n) is 38.2. The highest BCUT2D eigenvalue weighted by atomic mass is 35.5. The first kappa shape index (κ1) is 51.2. The number of aromatic nitrogens is 3. The molecular formula is C48H63ClFN6O9P. The number of nitrogens with two attached hydrogens (primary N) is 1. The molecule has 0 aliphatic carbocycles. The quantitative estimate of drug-likeness (QED) is 0.0399. The van der Waals surface area contributed by atoms with Gasteiger partial charge in [-0.3, -0.25) is 9.05 Å². The van der Waals surface area contributed by atoms with Gasteiger partial charge in [-0.25, -0.2) is 18.5 Å². The maximum Gasteiger partial charge on any atom is 0.530 e. The third kappa shape index (κ3) is 13.9. The first-order chi connectivity index (χ1) is 31.9. The van der Waals surface area contributed by atoms with Crippen LogP contribution >= 0.6 is 19.4 Å². The summed E-state index contributed by atoms with van der Waals surface area (Å²) in [4.78, 5) is 4.05. The molecule has 0 spiro atoms. The molecule has 0 amide bonds. The van der Waals surface area contributed by atoms with Gasteiger partial charge in [-0.2, -0.15) is 15.6 Å². The lowest BCUT2D eigenvalue weighted by molar-refractivity contribution is -0.204. The number of fused-ring (bicyclic) bond motifs is 2. The average molecular weight is 953 g/mol. The van der Waals surface area contributed by atoms with Crippen LogP contribution in [0.3, 0.4) is 0 Å². The molecule has 2 aromatic heterocycles. The molecule has 2 aromatic carbocycles. The van der Waals surface area contributed by atoms with Crippen LogP contribution < -0.4 is 10.3 Å². The van der Waals surface area contributed by atoms with Crippen LogP contribution in [0.1, 0.15) is 127 Å². The first-order valence-corrected chi connectivity index (χ1v) is 25.0. The number of nitrogen functional groups attached to an aromatic ring is 1. The van der Waals surface area contributed by atoms with Gasteiger partial charge < -0.3 is 33.9 Å². The summed E-state index contributed by atoms with van der Waals surface area (Å²) in [5.41, 5.74) is 5.66. The van der Waals surface area contributed by atoms with Gasteiger partial charge in [0.25, 0.3) is 0 Å². The Morgan fingerprint density at radius 1 is 0.909 bits per heavy atom. The minimum Gasteiger partial charge on any atom is -0.402 e. The normalized spacial score (nSPS) is 21.3. The van der Waals surface area contributed by atoms with Crippen molar-refractivity contribution in [2.24, 2.45) is 0 Å². The highest BCUT2D eigenvalue weighted by molar-refractivity contribution is 7.48. The summed E-state index contributed by atoms with van der Waals surface area (Å²) in [6.07, 6.45) is 14.8. The predicted octanol–water partition coefficient (Wildman–Crippen LogP) is 10.9. The number of phosphoric acid groups is 1. The molecule has 1 unspecified atom stereocenters. The topological polar surface area (TPSA) is 195 Å². The summed E-state index contributed by atoms with van der Waals surface area (Å²) in [6, 6.07) is 17.9. The van der Waals surface area contributed by atoms with Gasteiger partial charge in [0, 0.05) is 6.61 Å². The number of nitrogens with zero attached hydrogens (tertiary/aromatic N) is 5. The van der Waals surface area contributed by atoms with E-state index in [2.05, 4.69) is 23.1 Å². The lowest BCUT2D eigenvalue weighted by Crippen LogP contribution is -2.40. The summed E-state index contributed by atoms with van der Waals surface area (Å²) in [5.74, 6) is -1.50. The Labute approximate surface area is 392 Å². The van der Waals surface area contributed by atoms with E-state index in [1.807, 2.05) is 6.07 Å². The molecule has 4 aromatic rings. The smallest absolute Gasteiger partial charge is 0.402 e. The standard InChI is InChI=1S/C48H63ClFN6O9P/c1-4-5-6-7-8-9-10-11-12-13-14-15-16-19-24-58-30-38(59-29-36-25-35(28-51)26-37(50)27-36)31-60-66(57,65-41-21-18-17-20-39(41)49)61-32-42-44-45(64-47(2,3)63-44)48(33-52,62-42)43-23-22-40-46(53)54-34-55-56(40)43/h17-18,20-23,25-27,34,38,42,44-45H,4-16,19,24,29-32H2,1-3H3,(H2,53,54,55)/t38-,42-,44-,45-,48+,66?/m1/s1. The maximum atomic E-state index is 14.8. The van der Waals surface area contributed by atoms with E-state index in [9.17, 15) is 19.5 Å². The number of halogens is 2. The van der Waals surface area contributed by atoms with E-state index in [1.165, 1.54) is 99.7 Å². The van der Waals surface area contributed by atoms with Crippen molar-refractivity contribution in [2.45, 2.75) is 153 Å². The van der Waals surface area contributed by atoms with E-state index < -0.39 is 56.1 Å². The Hall–Kier alpha value is -4.19. The fourth-order valence-electron chi connectivity index (χ4n) is 8.30. The van der Waals surface area contributed by atoms with E-state index in [4.69, 9.17) is 54.6 Å². The van der Waals surface area contributed by atoms with Crippen LogP contribution in [0, 0.1) is 28.5 Å². The minimum atomic E-state index is -4.62. The number of rotatable bonds is 29. The second kappa shape index (κ2) is 24.7. The molecule has 2 fully saturated rings. The summed E-state index contributed by atoms with van der Waals surface area (Å²) in [6.45, 7) is 5.25. The fraction of sp³-hybridized carbons (Fsp3) is 0.583. The Bertz CT molecular complexity index is 2310. The number of ether oxygens (including phenoxy) is 5. The molecule has 0 bridgehead atoms. The zero-order chi connectivity index (χ0) is 47.0. The number of unbranched alkanes of at least 4 members (excludes halogenated alkanes) is 13. The van der Waals surface area contributed by atoms with Crippen LogP contribution in [-0.2, 0) is 49.5 Å². The highest BCUT2D eigenvalue weighted by Gasteiger charge is 2.65. The van der Waals surface area contributed by atoms with Crippen molar-refractivity contribution >= 4 is 30.8 Å². The van der Waals surface area contributed by atoms with Crippen molar-refractivity contribution in [3.63, 3.8) is 0 Å². The van der Waals surface area contributed by atoms with Crippen LogP contribution in [-0.4, -0.2) is 71.2 Å².